The number of carbonyl (C=O) groups excluding carboxylic acids is 3. The maximum absolute atomic E-state index is 13.6. The van der Waals surface area contributed by atoms with Crippen LogP contribution in [0.4, 0.5) is 5.69 Å². The molecule has 2 unspecified atom stereocenters. The number of piperidine rings is 3. The molecule has 0 aliphatic carbocycles. The summed E-state index contributed by atoms with van der Waals surface area (Å²) in [7, 11) is 3.02. The molecule has 7 rings (SSSR count). The lowest BCUT2D eigenvalue weighted by molar-refractivity contribution is -0.377. The number of aromatic nitrogens is 1. The van der Waals surface area contributed by atoms with Gasteiger partial charge in [0.15, 0.2) is 36.5 Å². The Labute approximate surface area is 317 Å². The number of benzene rings is 3. The highest BCUT2D eigenvalue weighted by Crippen LogP contribution is 2.35. The third-order valence-corrected chi connectivity index (χ3v) is 10.1. The molecule has 0 saturated carbocycles. The Morgan fingerprint density at radius 2 is 1.60 bits per heavy atom. The smallest absolute Gasteiger partial charge is 0.344 e. The molecule has 0 radical (unpaired) electrons. The zero-order chi connectivity index (χ0) is 36.6. The number of H-pyrrole nitrogens is 1. The van der Waals surface area contributed by atoms with Gasteiger partial charge in [-0.3, -0.25) is 4.90 Å². The Balaban J connectivity index is 0.00000541. The summed E-state index contributed by atoms with van der Waals surface area (Å²) in [5, 5.41) is 3.97. The van der Waals surface area contributed by atoms with Crippen LogP contribution in [-0.4, -0.2) is 74.8 Å². The van der Waals surface area contributed by atoms with E-state index >= 15 is 0 Å². The fraction of sp³-hybridized carbons (Fsp3) is 0.333. The van der Waals surface area contributed by atoms with Gasteiger partial charge >= 0.3 is 17.9 Å². The van der Waals surface area contributed by atoms with Crippen molar-refractivity contribution in [3.8, 4) is 11.5 Å². The van der Waals surface area contributed by atoms with Crippen molar-refractivity contribution in [2.24, 2.45) is 5.92 Å². The molecule has 4 aromatic rings. The molecule has 3 atom stereocenters. The first-order valence-electron chi connectivity index (χ1n) is 17.0. The van der Waals surface area contributed by atoms with Gasteiger partial charge in [0.05, 0.1) is 19.8 Å². The van der Waals surface area contributed by atoms with E-state index in [1.54, 1.807) is 54.9 Å². The van der Waals surface area contributed by atoms with E-state index in [1.165, 1.54) is 14.2 Å². The van der Waals surface area contributed by atoms with Crippen LogP contribution in [0.5, 0.6) is 11.5 Å². The van der Waals surface area contributed by atoms with Crippen molar-refractivity contribution >= 4 is 46.8 Å². The molecular formula is C39H41Cl2N3O9. The summed E-state index contributed by atoms with van der Waals surface area (Å²) < 4.78 is 28.1. The molecule has 3 saturated heterocycles. The molecule has 12 nitrogen and oxygen atoms in total. The van der Waals surface area contributed by atoms with Crippen molar-refractivity contribution in [2.75, 3.05) is 45.8 Å². The minimum Gasteiger partial charge on any atom is -0.870 e. The summed E-state index contributed by atoms with van der Waals surface area (Å²) in [5.41, 5.74) is 2.53. The maximum atomic E-state index is 13.6. The number of hydrogen-bond acceptors (Lipinski definition) is 11. The molecule has 3 aliphatic heterocycles. The van der Waals surface area contributed by atoms with Crippen LogP contribution in [-0.2, 0) is 30.2 Å². The third-order valence-electron chi connectivity index (χ3n) is 9.40. The number of nitrogens with one attached hydrogen (secondary N) is 2. The zero-order valence-electron chi connectivity index (χ0n) is 29.3. The number of nitrogens with zero attached hydrogens (tertiary/aromatic N) is 1. The number of esters is 3. The summed E-state index contributed by atoms with van der Waals surface area (Å²) >= 11 is 12.9. The van der Waals surface area contributed by atoms with E-state index in [4.69, 9.17) is 46.9 Å². The van der Waals surface area contributed by atoms with Gasteiger partial charge in [-0.2, -0.15) is 0 Å². The number of rotatable bonds is 14. The van der Waals surface area contributed by atoms with Crippen molar-refractivity contribution in [3.63, 3.8) is 0 Å². The Hall–Kier alpha value is -4.88. The second-order valence-electron chi connectivity index (χ2n) is 12.7. The van der Waals surface area contributed by atoms with Crippen LogP contribution in [0.2, 0.25) is 10.0 Å². The van der Waals surface area contributed by atoms with E-state index in [0.717, 1.165) is 38.0 Å². The number of aromatic amines is 1. The average molecular weight is 767 g/mol. The molecule has 280 valence electrons. The van der Waals surface area contributed by atoms with Crippen LogP contribution in [0.3, 0.4) is 0 Å². The number of anilines is 1. The van der Waals surface area contributed by atoms with Gasteiger partial charge in [0.25, 0.3) is 0 Å². The predicted molar refractivity (Wildman–Crippen MR) is 196 cm³/mol. The number of halogens is 2. The zero-order valence-corrected chi connectivity index (χ0v) is 30.8. The van der Waals surface area contributed by atoms with Gasteiger partial charge < -0.3 is 34.5 Å². The van der Waals surface area contributed by atoms with E-state index in [9.17, 15) is 14.4 Å². The second kappa shape index (κ2) is 18.2. The van der Waals surface area contributed by atoms with Gasteiger partial charge in [-0.1, -0.05) is 65.7 Å². The van der Waals surface area contributed by atoms with E-state index < -0.39 is 30.7 Å². The predicted octanol–water partition coefficient (Wildman–Crippen LogP) is 6.12. The molecule has 3 fully saturated rings. The van der Waals surface area contributed by atoms with Crippen LogP contribution in [0.25, 0.3) is 0 Å². The number of pyridine rings is 1. The minimum atomic E-state index is -0.869. The lowest BCUT2D eigenvalue weighted by atomic mass is 9.86. The number of methoxy groups -OCH3 is 2. The second-order valence-corrected chi connectivity index (χ2v) is 13.5. The highest BCUT2D eigenvalue weighted by molar-refractivity contribution is 6.35. The van der Waals surface area contributed by atoms with E-state index in [0.29, 0.717) is 44.3 Å². The van der Waals surface area contributed by atoms with E-state index in [-0.39, 0.29) is 29.5 Å². The maximum Gasteiger partial charge on any atom is 0.344 e. The Morgan fingerprint density at radius 3 is 2.26 bits per heavy atom. The molecule has 53 heavy (non-hydrogen) atoms. The molecular weight excluding hydrogens is 725 g/mol. The van der Waals surface area contributed by atoms with Crippen LogP contribution >= 0.6 is 23.2 Å². The SMILES string of the molecule is COc1ccc(C(Cc2c(Cl)c[nH+]cc2Cl)OC(=O)COC(=O)c2cccc(NC(C(=O)O[C@H]3CN4CCC3CC4)c3ccccc3)c2)cc1OC.[OH-]. The molecule has 3 aromatic carbocycles. The third kappa shape index (κ3) is 9.76. The summed E-state index contributed by atoms with van der Waals surface area (Å²) in [6, 6.07) is 20.1. The van der Waals surface area contributed by atoms with Gasteiger partial charge in [0.1, 0.15) is 22.3 Å². The van der Waals surface area contributed by atoms with E-state index in [1.807, 2.05) is 30.3 Å². The molecule has 14 heteroatoms. The Morgan fingerprint density at radius 1 is 0.887 bits per heavy atom. The lowest BCUT2D eigenvalue weighted by Gasteiger charge is -2.44. The van der Waals surface area contributed by atoms with Gasteiger partial charge in [-0.05, 0) is 73.3 Å². The number of hydrogen-bond donors (Lipinski definition) is 1. The number of carbonyl (C=O) groups is 3. The van der Waals surface area contributed by atoms with Crippen LogP contribution in [0.1, 0.15) is 52.0 Å². The van der Waals surface area contributed by atoms with Crippen LogP contribution < -0.4 is 19.8 Å². The molecule has 4 heterocycles. The monoisotopic (exact) mass is 765 g/mol. The molecule has 0 spiro atoms. The summed E-state index contributed by atoms with van der Waals surface area (Å²) in [4.78, 5) is 45.2. The van der Waals surface area contributed by atoms with Gasteiger partial charge in [-0.25, -0.2) is 19.4 Å². The first-order chi connectivity index (χ1) is 25.2. The highest BCUT2D eigenvalue weighted by atomic mass is 35.5. The molecule has 3 aliphatic rings. The Bertz CT molecular complexity index is 1870. The van der Waals surface area contributed by atoms with Crippen molar-refractivity contribution in [1.29, 1.82) is 0 Å². The molecule has 2 bridgehead atoms. The van der Waals surface area contributed by atoms with Crippen molar-refractivity contribution in [3.05, 3.63) is 117 Å². The van der Waals surface area contributed by atoms with Gasteiger partial charge in [0.2, 0.25) is 0 Å². The van der Waals surface area contributed by atoms with Crippen molar-refractivity contribution in [2.45, 2.75) is 37.5 Å². The topological polar surface area (TPSA) is 157 Å². The molecule has 0 amide bonds. The summed E-state index contributed by atoms with van der Waals surface area (Å²) in [5.74, 6) is -0.649. The van der Waals surface area contributed by atoms with Gasteiger partial charge in [0, 0.05) is 24.2 Å². The normalized spacial score (nSPS) is 18.5. The summed E-state index contributed by atoms with van der Waals surface area (Å²) in [6.45, 7) is 2.15. The standard InChI is InChI=1S/C39H39Cl2N3O8.H2O/c1-48-32-12-11-26(18-34(32)49-2)33(19-29-30(40)20-42-21-31(29)41)51-36(45)23-50-38(46)27-9-6-10-28(17-27)43-37(25-7-4-3-5-8-25)39(47)52-35-22-44-15-13-24(35)14-16-44;/h3-12,17-18,20-21,24,33,35,37,43H,13-16,19,22-23H2,1-2H3;1H2/t33?,35-,37?;/m0./s1. The van der Waals surface area contributed by atoms with Gasteiger partial charge in [-0.15, -0.1) is 0 Å². The van der Waals surface area contributed by atoms with Crippen LogP contribution in [0, 0.1) is 5.92 Å². The molecule has 3 N–H and O–H groups in total. The first kappa shape index (κ1) is 39.3. The fourth-order valence-corrected chi connectivity index (χ4v) is 7.16. The first-order valence-corrected chi connectivity index (χ1v) is 17.7. The van der Waals surface area contributed by atoms with Crippen LogP contribution in [0.15, 0.2) is 85.2 Å². The average Bonchev–Trinajstić information content (AvgIpc) is 3.17. The quantitative estimate of drug-likeness (QED) is 0.117. The molecule has 1 aromatic heterocycles. The lowest BCUT2D eigenvalue weighted by Crippen LogP contribution is -2.52. The number of ether oxygens (including phenoxy) is 5. The minimum absolute atomic E-state index is 0. The Kier molecular flexibility index (Phi) is 13.5. The number of fused-ring (bicyclic) bond motifs is 3. The summed E-state index contributed by atoms with van der Waals surface area (Å²) in [6.07, 6.45) is 4.28. The van der Waals surface area contributed by atoms with Crippen molar-refractivity contribution in [1.82, 2.24) is 4.90 Å². The fourth-order valence-electron chi connectivity index (χ4n) is 6.63. The van der Waals surface area contributed by atoms with Crippen molar-refractivity contribution < 1.29 is 48.5 Å². The highest BCUT2D eigenvalue weighted by Gasteiger charge is 2.38. The largest absolute Gasteiger partial charge is 0.870 e. The van der Waals surface area contributed by atoms with E-state index in [2.05, 4.69) is 15.2 Å².